The van der Waals surface area contributed by atoms with Crippen molar-refractivity contribution in [3.8, 4) is 0 Å². The minimum Gasteiger partial charge on any atom is -1.00 e. The van der Waals surface area contributed by atoms with Crippen LogP contribution in [0.2, 0.25) is 0 Å². The predicted molar refractivity (Wildman–Crippen MR) is 122 cm³/mol. The summed E-state index contributed by atoms with van der Waals surface area (Å²) in [7, 11) is -0.439. The van der Waals surface area contributed by atoms with Gasteiger partial charge >= 0.3 is 21.7 Å². The summed E-state index contributed by atoms with van der Waals surface area (Å²) in [6.07, 6.45) is 6.52. The molecule has 30 heavy (non-hydrogen) atoms. The Morgan fingerprint density at radius 2 is 1.33 bits per heavy atom. The fourth-order valence-electron chi connectivity index (χ4n) is 4.39. The minimum atomic E-state index is -0.439. The number of aryl methyl sites for hydroxylation is 1. The number of hydrogen-bond acceptors (Lipinski definition) is 0. The van der Waals surface area contributed by atoms with Crippen LogP contribution in [0.5, 0.6) is 0 Å². The molecule has 0 saturated heterocycles. The van der Waals surface area contributed by atoms with Gasteiger partial charge in [-0.3, -0.25) is 0 Å². The number of unbranched alkanes of at least 4 members (excludes halogenated alkanes) is 2. The number of rotatable bonds is 8. The van der Waals surface area contributed by atoms with Crippen LogP contribution in [0.25, 0.3) is 0 Å². The summed E-state index contributed by atoms with van der Waals surface area (Å²) in [4.78, 5) is 0. The van der Waals surface area contributed by atoms with Crippen LogP contribution in [0, 0.1) is 34.6 Å². The van der Waals surface area contributed by atoms with Gasteiger partial charge in [0.15, 0.2) is 0 Å². The zero-order chi connectivity index (χ0) is 19.4. The van der Waals surface area contributed by atoms with E-state index in [9.17, 15) is 0 Å². The van der Waals surface area contributed by atoms with E-state index in [4.69, 9.17) is 0 Å². The summed E-state index contributed by atoms with van der Waals surface area (Å²) in [5, 5.41) is 3.40. The van der Waals surface area contributed by atoms with E-state index in [2.05, 4.69) is 67.5 Å². The van der Waals surface area contributed by atoms with Crippen molar-refractivity contribution in [3.63, 3.8) is 0 Å². The maximum absolute atomic E-state index is 2.48. The SMILES string of the molecule is CCCCC[c-]1ccc([SiH2]c2c(C)c(C)c(C)c(C)c2C)c1C(C)CC.[Cl-].[Cl-].[Cl-].[Ti+4]. The van der Waals surface area contributed by atoms with E-state index in [1.165, 1.54) is 48.8 Å². The van der Waals surface area contributed by atoms with Crippen molar-refractivity contribution in [2.45, 2.75) is 93.4 Å². The first-order chi connectivity index (χ1) is 12.3. The van der Waals surface area contributed by atoms with Gasteiger partial charge in [-0.2, -0.15) is 22.4 Å². The van der Waals surface area contributed by atoms with E-state index >= 15 is 0 Å². The van der Waals surface area contributed by atoms with Gasteiger partial charge in [-0.1, -0.05) is 58.1 Å². The monoisotopic (exact) mass is 520 g/mol. The summed E-state index contributed by atoms with van der Waals surface area (Å²) in [5.74, 6) is 0.692. The molecule has 2 aromatic rings. The average Bonchev–Trinajstić information content (AvgIpc) is 3.04. The normalized spacial score (nSPS) is 11.3. The molecule has 2 rings (SSSR count). The van der Waals surface area contributed by atoms with Crippen LogP contribution in [-0.2, 0) is 28.1 Å². The van der Waals surface area contributed by atoms with Gasteiger partial charge in [0, 0.05) is 9.52 Å². The quantitative estimate of drug-likeness (QED) is 0.191. The second-order valence-electron chi connectivity index (χ2n) is 8.34. The molecule has 0 saturated carbocycles. The van der Waals surface area contributed by atoms with Gasteiger partial charge in [0.1, 0.15) is 0 Å². The number of benzene rings is 1. The molecule has 168 valence electrons. The first-order valence-corrected chi connectivity index (χ1v) is 12.1. The summed E-state index contributed by atoms with van der Waals surface area (Å²) in [6, 6.07) is 4.94. The van der Waals surface area contributed by atoms with Crippen LogP contribution in [0.3, 0.4) is 0 Å². The molecule has 0 aliphatic carbocycles. The molecular weight excluding hydrogens is 483 g/mol. The molecule has 0 heterocycles. The number of halogens is 3. The molecule has 0 fully saturated rings. The van der Waals surface area contributed by atoms with Crippen LogP contribution in [0.15, 0.2) is 12.1 Å². The fourth-order valence-corrected chi connectivity index (χ4v) is 6.84. The Morgan fingerprint density at radius 1 is 0.833 bits per heavy atom. The molecule has 0 radical (unpaired) electrons. The summed E-state index contributed by atoms with van der Waals surface area (Å²) in [6.45, 7) is 18.7. The minimum absolute atomic E-state index is 0. The molecule has 0 N–H and O–H groups in total. The standard InChI is InChI=1S/C25H39Si.3ClH.Ti/c1-9-11-12-13-22-14-15-23(24(22)16(3)10-2)26-25-20(7)18(5)17(4)19(6)21(25)8;;;;/h14-16H,9-13,26H2,1-8H3;3*1H;/q-1;;;;+4/p-3. The van der Waals surface area contributed by atoms with E-state index in [1.54, 1.807) is 32.6 Å². The van der Waals surface area contributed by atoms with Crippen LogP contribution < -0.4 is 47.6 Å². The van der Waals surface area contributed by atoms with E-state index in [1.807, 2.05) is 0 Å². The van der Waals surface area contributed by atoms with Crippen molar-refractivity contribution in [2.75, 3.05) is 0 Å². The molecule has 0 amide bonds. The molecule has 1 atom stereocenters. The first-order valence-electron chi connectivity index (χ1n) is 10.7. The summed E-state index contributed by atoms with van der Waals surface area (Å²) >= 11 is 0. The van der Waals surface area contributed by atoms with Gasteiger partial charge in [0.25, 0.3) is 0 Å². The van der Waals surface area contributed by atoms with Crippen LogP contribution in [-0.4, -0.2) is 9.52 Å². The molecule has 0 aliphatic heterocycles. The zero-order valence-electron chi connectivity index (χ0n) is 20.1. The molecule has 0 aliphatic rings. The molecule has 0 bridgehead atoms. The third-order valence-corrected chi connectivity index (χ3v) is 9.27. The Balaban J connectivity index is -0.00000182. The third-order valence-electron chi connectivity index (χ3n) is 6.86. The van der Waals surface area contributed by atoms with Crippen molar-refractivity contribution in [1.82, 2.24) is 0 Å². The topological polar surface area (TPSA) is 0 Å². The van der Waals surface area contributed by atoms with E-state index in [-0.39, 0.29) is 58.9 Å². The van der Waals surface area contributed by atoms with Crippen molar-refractivity contribution in [3.05, 3.63) is 51.1 Å². The first kappa shape index (κ1) is 35.0. The van der Waals surface area contributed by atoms with E-state index in [0.29, 0.717) is 5.92 Å². The Hall–Kier alpha value is 0.371. The third kappa shape index (κ3) is 7.75. The maximum Gasteiger partial charge on any atom is 4.00 e. The molecule has 0 spiro atoms. The molecule has 0 nitrogen and oxygen atoms in total. The van der Waals surface area contributed by atoms with Crippen LogP contribution in [0.1, 0.15) is 91.3 Å². The van der Waals surface area contributed by atoms with Gasteiger partial charge in [-0.15, -0.1) is 0 Å². The summed E-state index contributed by atoms with van der Waals surface area (Å²) in [5.41, 5.74) is 11.0. The molecular formula is C25H39Cl3SiTi. The largest absolute Gasteiger partial charge is 4.00 e. The Kier molecular flexibility index (Phi) is 18.7. The fraction of sp³-hybridized carbons (Fsp3) is 0.560. The Labute approximate surface area is 222 Å². The van der Waals surface area contributed by atoms with Crippen molar-refractivity contribution in [2.24, 2.45) is 0 Å². The van der Waals surface area contributed by atoms with Gasteiger partial charge < -0.3 is 37.2 Å². The second-order valence-corrected chi connectivity index (χ2v) is 10.2. The van der Waals surface area contributed by atoms with E-state index < -0.39 is 9.52 Å². The van der Waals surface area contributed by atoms with Gasteiger partial charge in [0.2, 0.25) is 0 Å². The second kappa shape index (κ2) is 16.1. The Bertz CT molecular complexity index is 739. The zero-order valence-corrected chi connectivity index (χ0v) is 25.4. The predicted octanol–water partition coefficient (Wildman–Crippen LogP) is -3.68. The van der Waals surface area contributed by atoms with Gasteiger partial charge in [0.05, 0.1) is 0 Å². The Morgan fingerprint density at radius 3 is 1.80 bits per heavy atom. The smallest absolute Gasteiger partial charge is 1.00 e. The average molecular weight is 522 g/mol. The molecule has 1 unspecified atom stereocenters. The maximum atomic E-state index is 2.48. The van der Waals surface area contributed by atoms with Crippen molar-refractivity contribution < 1.29 is 58.9 Å². The molecule has 5 heteroatoms. The number of hydrogen-bond donors (Lipinski definition) is 0. The van der Waals surface area contributed by atoms with Crippen LogP contribution >= 0.6 is 0 Å². The van der Waals surface area contributed by atoms with Crippen molar-refractivity contribution >= 4 is 19.9 Å². The summed E-state index contributed by atoms with van der Waals surface area (Å²) < 4.78 is 0. The van der Waals surface area contributed by atoms with Gasteiger partial charge in [-0.05, 0) is 68.4 Å². The van der Waals surface area contributed by atoms with Crippen molar-refractivity contribution in [1.29, 1.82) is 0 Å². The molecule has 0 aromatic heterocycles. The van der Waals surface area contributed by atoms with E-state index in [0.717, 1.165) is 0 Å². The van der Waals surface area contributed by atoms with Crippen LogP contribution in [0.4, 0.5) is 0 Å². The van der Waals surface area contributed by atoms with Gasteiger partial charge in [-0.25, -0.2) is 6.07 Å². The molecule has 2 aromatic carbocycles.